The van der Waals surface area contributed by atoms with Crippen molar-refractivity contribution >= 4 is 28.8 Å². The van der Waals surface area contributed by atoms with E-state index in [0.717, 1.165) is 25.7 Å². The van der Waals surface area contributed by atoms with Crippen molar-refractivity contribution < 1.29 is 9.59 Å². The quantitative estimate of drug-likeness (QED) is 0.662. The minimum absolute atomic E-state index is 0.0876. The number of H-pyrrole nitrogens is 2. The average molecular weight is 331 g/mol. The molecule has 2 aromatic rings. The molecule has 3 rings (SSSR count). The molecule has 8 heteroatoms. The van der Waals surface area contributed by atoms with Crippen LogP contribution in [0.4, 0.5) is 5.82 Å². The van der Waals surface area contributed by atoms with Crippen LogP contribution in [-0.4, -0.2) is 32.8 Å². The number of anilines is 1. The van der Waals surface area contributed by atoms with Crippen molar-refractivity contribution in [2.75, 3.05) is 5.32 Å². The molecule has 24 heavy (non-hydrogen) atoms. The fourth-order valence-electron chi connectivity index (χ4n) is 2.97. The Bertz CT molecular complexity index is 788. The molecule has 0 atom stereocenters. The Morgan fingerprint density at radius 2 is 1.83 bits per heavy atom. The van der Waals surface area contributed by atoms with Gasteiger partial charge in [-0.3, -0.25) is 14.6 Å². The first-order valence-electron chi connectivity index (χ1n) is 8.28. The van der Waals surface area contributed by atoms with Crippen LogP contribution in [0.5, 0.6) is 0 Å². The third kappa shape index (κ3) is 4.21. The van der Waals surface area contributed by atoms with Crippen LogP contribution in [0.3, 0.4) is 0 Å². The number of rotatable bonds is 5. The van der Waals surface area contributed by atoms with Crippen molar-refractivity contribution in [2.45, 2.75) is 51.0 Å². The number of aromatic amines is 2. The maximum atomic E-state index is 11.9. The lowest BCUT2D eigenvalue weighted by Gasteiger charge is -2.22. The maximum absolute atomic E-state index is 11.9. The summed E-state index contributed by atoms with van der Waals surface area (Å²) < 4.78 is 0. The van der Waals surface area contributed by atoms with Gasteiger partial charge in [-0.15, -0.1) is 0 Å². The fraction of sp³-hybridized carbons (Fsp3) is 0.500. The SMILES string of the molecule is O=C(CCC(=O)NC1CCCCC1)Nc1ccc2[nH]c(=O)[nH]c2n1. The van der Waals surface area contributed by atoms with E-state index in [1.807, 2.05) is 0 Å². The first-order valence-corrected chi connectivity index (χ1v) is 8.28. The van der Waals surface area contributed by atoms with Crippen LogP contribution < -0.4 is 16.3 Å². The zero-order valence-electron chi connectivity index (χ0n) is 13.4. The van der Waals surface area contributed by atoms with E-state index in [0.29, 0.717) is 17.0 Å². The number of imidazole rings is 1. The number of hydrogen-bond acceptors (Lipinski definition) is 4. The second-order valence-corrected chi connectivity index (χ2v) is 6.12. The normalized spacial score (nSPS) is 15.3. The van der Waals surface area contributed by atoms with Crippen molar-refractivity contribution in [3.05, 3.63) is 22.6 Å². The number of nitrogens with zero attached hydrogens (tertiary/aromatic N) is 1. The van der Waals surface area contributed by atoms with Crippen molar-refractivity contribution in [3.63, 3.8) is 0 Å². The van der Waals surface area contributed by atoms with Crippen LogP contribution >= 0.6 is 0 Å². The van der Waals surface area contributed by atoms with Gasteiger partial charge in [0.1, 0.15) is 5.82 Å². The molecule has 0 aromatic carbocycles. The average Bonchev–Trinajstić information content (AvgIpc) is 2.93. The number of amides is 2. The molecule has 0 radical (unpaired) electrons. The van der Waals surface area contributed by atoms with E-state index < -0.39 is 0 Å². The lowest BCUT2D eigenvalue weighted by atomic mass is 9.95. The summed E-state index contributed by atoms with van der Waals surface area (Å²) in [6, 6.07) is 3.52. The highest BCUT2D eigenvalue weighted by Gasteiger charge is 2.16. The highest BCUT2D eigenvalue weighted by atomic mass is 16.2. The number of fused-ring (bicyclic) bond motifs is 1. The molecule has 1 saturated carbocycles. The second-order valence-electron chi connectivity index (χ2n) is 6.12. The zero-order valence-corrected chi connectivity index (χ0v) is 13.4. The van der Waals surface area contributed by atoms with Gasteiger partial charge in [0.05, 0.1) is 5.52 Å². The second kappa shape index (κ2) is 7.29. The molecule has 0 spiro atoms. The van der Waals surface area contributed by atoms with Gasteiger partial charge in [-0.05, 0) is 25.0 Å². The Balaban J connectivity index is 1.47. The van der Waals surface area contributed by atoms with Crippen LogP contribution in [0.1, 0.15) is 44.9 Å². The van der Waals surface area contributed by atoms with Crippen LogP contribution in [0.2, 0.25) is 0 Å². The fourth-order valence-corrected chi connectivity index (χ4v) is 2.97. The Morgan fingerprint density at radius 1 is 1.08 bits per heavy atom. The van der Waals surface area contributed by atoms with Crippen molar-refractivity contribution in [3.8, 4) is 0 Å². The van der Waals surface area contributed by atoms with Crippen LogP contribution in [-0.2, 0) is 9.59 Å². The van der Waals surface area contributed by atoms with E-state index in [1.165, 1.54) is 6.42 Å². The molecule has 0 saturated heterocycles. The van der Waals surface area contributed by atoms with E-state index in [4.69, 9.17) is 0 Å². The number of aromatic nitrogens is 3. The van der Waals surface area contributed by atoms with Gasteiger partial charge in [0.15, 0.2) is 5.65 Å². The van der Waals surface area contributed by atoms with Gasteiger partial charge in [-0.1, -0.05) is 19.3 Å². The Kier molecular flexibility index (Phi) is 4.93. The van der Waals surface area contributed by atoms with Gasteiger partial charge in [-0.25, -0.2) is 9.78 Å². The van der Waals surface area contributed by atoms with Crippen LogP contribution in [0.15, 0.2) is 16.9 Å². The van der Waals surface area contributed by atoms with Gasteiger partial charge in [0, 0.05) is 18.9 Å². The van der Waals surface area contributed by atoms with Crippen LogP contribution in [0, 0.1) is 0 Å². The summed E-state index contributed by atoms with van der Waals surface area (Å²) in [6.45, 7) is 0. The lowest BCUT2D eigenvalue weighted by Crippen LogP contribution is -2.36. The van der Waals surface area contributed by atoms with Gasteiger partial charge < -0.3 is 15.6 Å². The highest BCUT2D eigenvalue weighted by molar-refractivity contribution is 5.93. The van der Waals surface area contributed by atoms with Gasteiger partial charge >= 0.3 is 5.69 Å². The molecular weight excluding hydrogens is 310 g/mol. The zero-order chi connectivity index (χ0) is 16.9. The molecule has 1 aliphatic carbocycles. The molecule has 2 aromatic heterocycles. The summed E-state index contributed by atoms with van der Waals surface area (Å²) in [6.07, 6.45) is 5.85. The molecule has 1 aliphatic rings. The van der Waals surface area contributed by atoms with E-state index in [9.17, 15) is 14.4 Å². The Hall–Kier alpha value is -2.64. The summed E-state index contributed by atoms with van der Waals surface area (Å²) in [7, 11) is 0. The summed E-state index contributed by atoms with van der Waals surface area (Å²) in [5.74, 6) is -0.0237. The number of pyridine rings is 1. The number of carbonyl (C=O) groups excluding carboxylic acids is 2. The molecule has 8 nitrogen and oxygen atoms in total. The maximum Gasteiger partial charge on any atom is 0.325 e. The molecule has 2 heterocycles. The van der Waals surface area contributed by atoms with E-state index in [1.54, 1.807) is 12.1 Å². The van der Waals surface area contributed by atoms with E-state index in [2.05, 4.69) is 25.6 Å². The van der Waals surface area contributed by atoms with Crippen LogP contribution in [0.25, 0.3) is 11.2 Å². The van der Waals surface area contributed by atoms with Gasteiger partial charge in [0.2, 0.25) is 11.8 Å². The summed E-state index contributed by atoms with van der Waals surface area (Å²) >= 11 is 0. The first-order chi connectivity index (χ1) is 11.6. The molecule has 0 aliphatic heterocycles. The summed E-state index contributed by atoms with van der Waals surface area (Å²) in [4.78, 5) is 44.3. The monoisotopic (exact) mass is 331 g/mol. The molecule has 1 fully saturated rings. The van der Waals surface area contributed by atoms with Crippen molar-refractivity contribution in [1.29, 1.82) is 0 Å². The highest BCUT2D eigenvalue weighted by Crippen LogP contribution is 2.17. The minimum atomic E-state index is -0.347. The van der Waals surface area contributed by atoms with E-state index in [-0.39, 0.29) is 36.4 Å². The van der Waals surface area contributed by atoms with Gasteiger partial charge in [0.25, 0.3) is 0 Å². The minimum Gasteiger partial charge on any atom is -0.353 e. The molecule has 2 amide bonds. The number of carbonyl (C=O) groups is 2. The van der Waals surface area contributed by atoms with Crippen molar-refractivity contribution in [1.82, 2.24) is 20.3 Å². The molecule has 0 bridgehead atoms. The number of hydrogen-bond donors (Lipinski definition) is 4. The number of nitrogens with one attached hydrogen (secondary N) is 4. The Labute approximate surface area is 138 Å². The molecule has 4 N–H and O–H groups in total. The lowest BCUT2D eigenvalue weighted by molar-refractivity contribution is -0.125. The molecular formula is C16H21N5O3. The predicted octanol–water partition coefficient (Wildman–Crippen LogP) is 1.42. The van der Waals surface area contributed by atoms with Crippen molar-refractivity contribution in [2.24, 2.45) is 0 Å². The smallest absolute Gasteiger partial charge is 0.325 e. The molecule has 128 valence electrons. The predicted molar refractivity (Wildman–Crippen MR) is 89.6 cm³/mol. The topological polar surface area (TPSA) is 120 Å². The first kappa shape index (κ1) is 16.2. The summed E-state index contributed by atoms with van der Waals surface area (Å²) in [5.41, 5.74) is 0.609. The van der Waals surface area contributed by atoms with E-state index >= 15 is 0 Å². The summed E-state index contributed by atoms with van der Waals surface area (Å²) in [5, 5.41) is 5.62. The largest absolute Gasteiger partial charge is 0.353 e. The third-order valence-corrected chi connectivity index (χ3v) is 4.19. The standard InChI is InChI=1S/C16H21N5O3/c22-13(17-10-4-2-1-3-5-10)8-9-14(23)19-12-7-6-11-15(20-12)21-16(24)18-11/h6-7,10H,1-5,8-9H2,(H,17,22)(H3,18,19,20,21,23,24). The van der Waals surface area contributed by atoms with Gasteiger partial charge in [-0.2, -0.15) is 0 Å². The Morgan fingerprint density at radius 3 is 2.62 bits per heavy atom. The third-order valence-electron chi connectivity index (χ3n) is 4.19. The molecule has 0 unspecified atom stereocenters.